The molecule has 128 valence electrons. The van der Waals surface area contributed by atoms with Crippen LogP contribution in [-0.2, 0) is 28.6 Å². The maximum atomic E-state index is 12.9. The summed E-state index contributed by atoms with van der Waals surface area (Å²) in [7, 11) is 1.73. The van der Waals surface area contributed by atoms with Crippen LogP contribution in [0, 0.1) is 0 Å². The molecule has 1 aromatic carbocycles. The number of fused-ring (bicyclic) bond motifs is 2. The minimum Gasteiger partial charge on any atom is -0.319 e. The first-order chi connectivity index (χ1) is 12.0. The molecule has 0 radical (unpaired) electrons. The first-order valence-corrected chi connectivity index (χ1v) is 8.01. The second kappa shape index (κ2) is 5.44. The Hall–Kier alpha value is -3.16. The molecular weight excluding hydrogens is 322 g/mol. The van der Waals surface area contributed by atoms with Crippen LogP contribution in [0.2, 0.25) is 0 Å². The van der Waals surface area contributed by atoms with Crippen molar-refractivity contribution in [3.05, 3.63) is 47.7 Å². The molecule has 1 fully saturated rings. The molecule has 1 spiro atoms. The van der Waals surface area contributed by atoms with Crippen molar-refractivity contribution in [2.24, 2.45) is 7.05 Å². The van der Waals surface area contributed by atoms with Gasteiger partial charge in [0.1, 0.15) is 12.1 Å². The van der Waals surface area contributed by atoms with E-state index < -0.39 is 17.5 Å². The van der Waals surface area contributed by atoms with E-state index in [1.54, 1.807) is 24.0 Å². The van der Waals surface area contributed by atoms with E-state index >= 15 is 0 Å². The summed E-state index contributed by atoms with van der Waals surface area (Å²) >= 11 is 0. The molecule has 8 heteroatoms. The molecular formula is C17H17N5O3. The molecule has 4 rings (SSSR count). The number of aryl methyl sites for hydroxylation is 2. The van der Waals surface area contributed by atoms with Crippen LogP contribution in [-0.4, -0.2) is 39.1 Å². The van der Waals surface area contributed by atoms with Crippen LogP contribution in [0.25, 0.3) is 0 Å². The van der Waals surface area contributed by atoms with Gasteiger partial charge >= 0.3 is 6.03 Å². The van der Waals surface area contributed by atoms with Crippen LogP contribution >= 0.6 is 0 Å². The van der Waals surface area contributed by atoms with Crippen LogP contribution in [0.4, 0.5) is 10.6 Å². The molecule has 1 atom stereocenters. The van der Waals surface area contributed by atoms with Gasteiger partial charge in [0.05, 0.1) is 0 Å². The van der Waals surface area contributed by atoms with E-state index in [2.05, 4.69) is 15.7 Å². The largest absolute Gasteiger partial charge is 0.325 e. The smallest absolute Gasteiger partial charge is 0.319 e. The highest BCUT2D eigenvalue weighted by atomic mass is 16.2. The molecule has 25 heavy (non-hydrogen) atoms. The number of rotatable bonds is 3. The number of aromatic nitrogens is 2. The predicted octanol–water partition coefficient (Wildman–Crippen LogP) is 0.752. The third-order valence-electron chi connectivity index (χ3n) is 4.71. The van der Waals surface area contributed by atoms with E-state index in [1.165, 1.54) is 0 Å². The molecule has 2 aromatic rings. The first kappa shape index (κ1) is 15.4. The van der Waals surface area contributed by atoms with Gasteiger partial charge in [0.2, 0.25) is 5.91 Å². The number of carbonyl (C=O) groups excluding carboxylic acids is 3. The number of nitrogens with zero attached hydrogens (tertiary/aromatic N) is 3. The first-order valence-electron chi connectivity index (χ1n) is 8.01. The van der Waals surface area contributed by atoms with Crippen molar-refractivity contribution < 1.29 is 14.4 Å². The zero-order valence-corrected chi connectivity index (χ0v) is 13.7. The maximum absolute atomic E-state index is 12.9. The lowest BCUT2D eigenvalue weighted by Gasteiger charge is -2.22. The van der Waals surface area contributed by atoms with Crippen molar-refractivity contribution in [3.8, 4) is 0 Å². The highest BCUT2D eigenvalue weighted by molar-refractivity contribution is 6.10. The van der Waals surface area contributed by atoms with Crippen LogP contribution in [0.5, 0.6) is 0 Å². The summed E-state index contributed by atoms with van der Waals surface area (Å²) in [5.74, 6) is -0.468. The molecule has 8 nitrogen and oxygen atoms in total. The minimum atomic E-state index is -1.04. The van der Waals surface area contributed by atoms with Crippen LogP contribution in [0.1, 0.15) is 17.5 Å². The van der Waals surface area contributed by atoms with E-state index in [9.17, 15) is 14.4 Å². The van der Waals surface area contributed by atoms with E-state index in [0.717, 1.165) is 22.4 Å². The summed E-state index contributed by atoms with van der Waals surface area (Å²) in [5, 5.41) is 9.43. The molecule has 2 aliphatic rings. The van der Waals surface area contributed by atoms with Gasteiger partial charge in [-0.25, -0.2) is 4.79 Å². The zero-order chi connectivity index (χ0) is 17.6. The number of urea groups is 1. The number of imide groups is 1. The lowest BCUT2D eigenvalue weighted by atomic mass is 9.92. The van der Waals surface area contributed by atoms with Crippen molar-refractivity contribution in [3.63, 3.8) is 0 Å². The van der Waals surface area contributed by atoms with Gasteiger partial charge in [-0.05, 0) is 24.0 Å². The van der Waals surface area contributed by atoms with Crippen LogP contribution in [0.15, 0.2) is 36.5 Å². The molecule has 0 unspecified atom stereocenters. The van der Waals surface area contributed by atoms with Crippen molar-refractivity contribution in [2.75, 3.05) is 11.9 Å². The van der Waals surface area contributed by atoms with Crippen molar-refractivity contribution >= 4 is 23.7 Å². The van der Waals surface area contributed by atoms with Crippen LogP contribution < -0.4 is 10.6 Å². The Kier molecular flexibility index (Phi) is 3.34. The highest BCUT2D eigenvalue weighted by Gasteiger charge is 2.55. The van der Waals surface area contributed by atoms with Gasteiger partial charge in [0.15, 0.2) is 5.82 Å². The van der Waals surface area contributed by atoms with Gasteiger partial charge in [0, 0.05) is 19.3 Å². The summed E-state index contributed by atoms with van der Waals surface area (Å²) in [4.78, 5) is 38.4. The second-order valence-corrected chi connectivity index (χ2v) is 6.31. The summed E-state index contributed by atoms with van der Waals surface area (Å²) in [6, 6.07) is 8.67. The fourth-order valence-electron chi connectivity index (χ4n) is 3.54. The maximum Gasteiger partial charge on any atom is 0.325 e. The average Bonchev–Trinajstić information content (AvgIpc) is 3.22. The molecule has 0 bridgehead atoms. The number of hydrogen-bond acceptors (Lipinski definition) is 4. The van der Waals surface area contributed by atoms with Gasteiger partial charge in [-0.3, -0.25) is 19.2 Å². The fourth-order valence-corrected chi connectivity index (χ4v) is 3.54. The number of benzene rings is 1. The van der Waals surface area contributed by atoms with Crippen molar-refractivity contribution in [1.82, 2.24) is 20.0 Å². The standard InChI is InChI=1S/C17H17N5O3/c1-21-9-7-13(20-21)18-14(23)10-22-15(24)17(19-16(22)25)8-6-11-4-2-3-5-12(11)17/h2-5,7,9H,6,8,10H2,1H3,(H,19,25)(H,18,20,23)/t17-/m1/s1. The van der Waals surface area contributed by atoms with Crippen LogP contribution in [0.3, 0.4) is 0 Å². The van der Waals surface area contributed by atoms with Gasteiger partial charge < -0.3 is 10.6 Å². The molecule has 1 aliphatic heterocycles. The van der Waals surface area contributed by atoms with Crippen molar-refractivity contribution in [1.29, 1.82) is 0 Å². The normalized spacial score (nSPS) is 21.6. The third-order valence-corrected chi connectivity index (χ3v) is 4.71. The molecule has 1 aliphatic carbocycles. The van der Waals surface area contributed by atoms with Gasteiger partial charge in [0.25, 0.3) is 5.91 Å². The Morgan fingerprint density at radius 1 is 1.32 bits per heavy atom. The Labute approximate surface area is 143 Å². The molecule has 1 saturated heterocycles. The average molecular weight is 339 g/mol. The third kappa shape index (κ3) is 2.37. The highest BCUT2D eigenvalue weighted by Crippen LogP contribution is 2.41. The predicted molar refractivity (Wildman–Crippen MR) is 88.5 cm³/mol. The van der Waals surface area contributed by atoms with E-state index in [4.69, 9.17) is 0 Å². The summed E-state index contributed by atoms with van der Waals surface area (Å²) in [6.07, 6.45) is 2.92. The Morgan fingerprint density at radius 2 is 2.12 bits per heavy atom. The second-order valence-electron chi connectivity index (χ2n) is 6.31. The minimum absolute atomic E-state index is 0.342. The molecule has 1 aromatic heterocycles. The number of carbonyl (C=O) groups is 3. The molecule has 2 heterocycles. The summed E-state index contributed by atoms with van der Waals surface area (Å²) in [6.45, 7) is -0.342. The Bertz CT molecular complexity index is 890. The fraction of sp³-hybridized carbons (Fsp3) is 0.294. The Balaban J connectivity index is 1.53. The zero-order valence-electron chi connectivity index (χ0n) is 13.7. The van der Waals surface area contributed by atoms with Gasteiger partial charge in [-0.1, -0.05) is 24.3 Å². The van der Waals surface area contributed by atoms with Crippen molar-refractivity contribution in [2.45, 2.75) is 18.4 Å². The molecule has 4 amide bonds. The van der Waals surface area contributed by atoms with Gasteiger partial charge in [-0.2, -0.15) is 5.10 Å². The summed E-state index contributed by atoms with van der Waals surface area (Å²) in [5.41, 5.74) is 0.829. The number of hydrogen-bond donors (Lipinski definition) is 2. The number of amides is 4. The summed E-state index contributed by atoms with van der Waals surface area (Å²) < 4.78 is 1.55. The number of nitrogens with one attached hydrogen (secondary N) is 2. The topological polar surface area (TPSA) is 96.3 Å². The monoisotopic (exact) mass is 339 g/mol. The van der Waals surface area contributed by atoms with E-state index in [1.807, 2.05) is 24.3 Å². The SMILES string of the molecule is Cn1ccc(NC(=O)CN2C(=O)N[C@@]3(CCc4ccccc43)C2=O)n1. The molecule has 2 N–H and O–H groups in total. The quantitative estimate of drug-likeness (QED) is 0.807. The number of anilines is 1. The van der Waals surface area contributed by atoms with E-state index in [0.29, 0.717) is 12.2 Å². The Morgan fingerprint density at radius 3 is 2.88 bits per heavy atom. The lowest BCUT2D eigenvalue weighted by Crippen LogP contribution is -2.43. The lowest BCUT2D eigenvalue weighted by molar-refractivity contribution is -0.134. The van der Waals surface area contributed by atoms with E-state index in [-0.39, 0.29) is 12.5 Å². The molecule has 0 saturated carbocycles. The van der Waals surface area contributed by atoms with Gasteiger partial charge in [-0.15, -0.1) is 0 Å².